The third-order valence-electron chi connectivity index (χ3n) is 2.50. The van der Waals surface area contributed by atoms with Crippen LogP contribution in [0.3, 0.4) is 0 Å². The summed E-state index contributed by atoms with van der Waals surface area (Å²) >= 11 is 0. The van der Waals surface area contributed by atoms with Gasteiger partial charge in [-0.3, -0.25) is 8.78 Å². The Hall–Kier alpha value is -2.64. The highest BCUT2D eigenvalue weighted by molar-refractivity contribution is 5.53. The summed E-state index contributed by atoms with van der Waals surface area (Å²) in [5.41, 5.74) is 11.2. The lowest BCUT2D eigenvalue weighted by Crippen LogP contribution is -1.87. The number of hydrogen-bond acceptors (Lipinski definition) is 4. The van der Waals surface area contributed by atoms with E-state index < -0.39 is 25.8 Å². The Morgan fingerprint density at radius 2 is 1.29 bits per heavy atom. The van der Waals surface area contributed by atoms with Crippen molar-refractivity contribution in [3.63, 3.8) is 0 Å². The predicted octanol–water partition coefficient (Wildman–Crippen LogP) is 3.87. The molecule has 24 heavy (non-hydrogen) atoms. The number of nitrogen functional groups attached to an aromatic ring is 2. The second-order valence-electron chi connectivity index (χ2n) is 4.46. The molecule has 2 rings (SSSR count). The molecule has 0 aliphatic heterocycles. The molecular weight excluding hydrogens is 328 g/mol. The van der Waals surface area contributed by atoms with Gasteiger partial charge in [-0.15, -0.1) is 0 Å². The fraction of sp³-hybridized carbons (Fsp3) is 0.250. The molecule has 0 radical (unpaired) electrons. The number of phenols is 2. The Morgan fingerprint density at radius 1 is 0.792 bits per heavy atom. The van der Waals surface area contributed by atoms with Crippen molar-refractivity contribution in [1.29, 1.82) is 0 Å². The molecule has 2 aromatic carbocycles. The number of anilines is 2. The van der Waals surface area contributed by atoms with E-state index in [0.717, 1.165) is 12.1 Å². The maximum atomic E-state index is 12.2. The van der Waals surface area contributed by atoms with Gasteiger partial charge in [0.1, 0.15) is 24.0 Å². The zero-order valence-corrected chi connectivity index (χ0v) is 12.9. The number of benzene rings is 2. The molecule has 0 aliphatic rings. The van der Waals surface area contributed by atoms with Crippen LogP contribution in [-0.2, 0) is 6.67 Å². The third kappa shape index (κ3) is 8.72. The molecule has 8 heteroatoms. The molecule has 0 spiro atoms. The van der Waals surface area contributed by atoms with Crippen LogP contribution in [0.25, 0.3) is 0 Å². The van der Waals surface area contributed by atoms with E-state index in [9.17, 15) is 17.6 Å². The average molecular weight is 348 g/mol. The van der Waals surface area contributed by atoms with Crippen molar-refractivity contribution in [1.82, 2.24) is 0 Å². The molecule has 0 unspecified atom stereocenters. The minimum Gasteiger partial charge on any atom is -0.506 e. The first-order valence-corrected chi connectivity index (χ1v) is 6.84. The van der Waals surface area contributed by atoms with Crippen LogP contribution < -0.4 is 11.5 Å². The van der Waals surface area contributed by atoms with Crippen LogP contribution in [0.1, 0.15) is 12.0 Å². The lowest BCUT2D eigenvalue weighted by molar-refractivity contribution is 0.398. The number of hydrogen-bond donors (Lipinski definition) is 4. The smallest absolute Gasteiger partial charge is 0.138 e. The molecule has 0 saturated heterocycles. The van der Waals surface area contributed by atoms with Crippen LogP contribution in [0.4, 0.5) is 28.9 Å². The Morgan fingerprint density at radius 3 is 1.62 bits per heavy atom. The highest BCUT2D eigenvalue weighted by Gasteiger charge is 1.97. The summed E-state index contributed by atoms with van der Waals surface area (Å²) in [6.45, 7) is -1.61. The van der Waals surface area contributed by atoms with Crippen LogP contribution in [0.15, 0.2) is 36.4 Å². The zero-order valence-electron chi connectivity index (χ0n) is 12.9. The van der Waals surface area contributed by atoms with Crippen LogP contribution in [0.2, 0.25) is 0 Å². The summed E-state index contributed by atoms with van der Waals surface area (Å²) in [5.74, 6) is -0.529. The van der Waals surface area contributed by atoms with Gasteiger partial charge in [-0.1, -0.05) is 6.07 Å². The Labute approximate surface area is 137 Å². The van der Waals surface area contributed by atoms with Gasteiger partial charge in [0.05, 0.1) is 24.7 Å². The molecule has 0 atom stereocenters. The van der Waals surface area contributed by atoms with E-state index in [2.05, 4.69) is 0 Å². The summed E-state index contributed by atoms with van der Waals surface area (Å²) in [4.78, 5) is 0. The quantitative estimate of drug-likeness (QED) is 0.385. The number of rotatable bonds is 3. The van der Waals surface area contributed by atoms with E-state index in [4.69, 9.17) is 21.7 Å². The second-order valence-corrected chi connectivity index (χ2v) is 4.46. The standard InChI is InChI=1S/C7H8FNO.C6H6FNO.C3H6F2/c8-4-5-1-2-7(10)6(9)3-5;7-4-1-2-6(9)5(8)3-4;4-2-1-3-5/h1-3,10H,4,9H2;1-3,9H,8H2;1-3H2. The fourth-order valence-electron chi connectivity index (χ4n) is 1.26. The van der Waals surface area contributed by atoms with Gasteiger partial charge in [0.2, 0.25) is 0 Å². The number of halogens is 4. The number of alkyl halides is 3. The van der Waals surface area contributed by atoms with Crippen LogP contribution in [-0.4, -0.2) is 23.6 Å². The Bertz CT molecular complexity index is 611. The lowest BCUT2D eigenvalue weighted by Gasteiger charge is -1.98. The topological polar surface area (TPSA) is 92.5 Å². The molecule has 4 nitrogen and oxygen atoms in total. The summed E-state index contributed by atoms with van der Waals surface area (Å²) in [5, 5.41) is 17.6. The van der Waals surface area contributed by atoms with Crippen molar-refractivity contribution in [2.45, 2.75) is 13.1 Å². The van der Waals surface area contributed by atoms with Crippen LogP contribution in [0, 0.1) is 5.82 Å². The van der Waals surface area contributed by atoms with Crippen molar-refractivity contribution in [2.75, 3.05) is 24.8 Å². The van der Waals surface area contributed by atoms with E-state index in [1.807, 2.05) is 0 Å². The van der Waals surface area contributed by atoms with Crippen molar-refractivity contribution < 1.29 is 27.8 Å². The minimum absolute atomic E-state index is 0.00259. The summed E-state index contributed by atoms with van der Waals surface area (Å²) in [6, 6.07) is 7.71. The first kappa shape index (κ1) is 21.4. The highest BCUT2D eigenvalue weighted by Crippen LogP contribution is 2.20. The van der Waals surface area contributed by atoms with Crippen molar-refractivity contribution in [2.24, 2.45) is 0 Å². The maximum Gasteiger partial charge on any atom is 0.138 e. The largest absolute Gasteiger partial charge is 0.506 e. The first-order chi connectivity index (χ1) is 11.3. The van der Waals surface area contributed by atoms with Crippen LogP contribution in [0.5, 0.6) is 11.5 Å². The lowest BCUT2D eigenvalue weighted by atomic mass is 10.2. The van der Waals surface area contributed by atoms with E-state index in [1.54, 1.807) is 0 Å². The fourth-order valence-corrected chi connectivity index (χ4v) is 1.26. The molecule has 0 bridgehead atoms. The maximum absolute atomic E-state index is 12.2. The Balaban J connectivity index is 0.000000351. The normalized spacial score (nSPS) is 9.33. The molecule has 0 amide bonds. The van der Waals surface area contributed by atoms with Crippen LogP contribution >= 0.6 is 0 Å². The molecule has 6 N–H and O–H groups in total. The van der Waals surface area contributed by atoms with E-state index >= 15 is 0 Å². The van der Waals surface area contributed by atoms with Gasteiger partial charge in [-0.25, -0.2) is 8.78 Å². The SMILES string of the molecule is FCCCF.Nc1cc(CF)ccc1O.Nc1cc(F)ccc1O. The minimum atomic E-state index is -0.551. The third-order valence-corrected chi connectivity index (χ3v) is 2.50. The van der Waals surface area contributed by atoms with Gasteiger partial charge in [-0.2, -0.15) is 0 Å². The first-order valence-electron chi connectivity index (χ1n) is 6.84. The molecule has 2 aromatic rings. The number of phenolic OH excluding ortho intramolecular Hbond substituents is 2. The predicted molar refractivity (Wildman–Crippen MR) is 86.4 cm³/mol. The molecule has 0 aliphatic carbocycles. The molecular formula is C16H20F4N2O2. The van der Waals surface area contributed by atoms with Crippen molar-refractivity contribution >= 4 is 11.4 Å². The number of aromatic hydroxyl groups is 2. The van der Waals surface area contributed by atoms with Gasteiger partial charge in [0.25, 0.3) is 0 Å². The van der Waals surface area contributed by atoms with Gasteiger partial charge < -0.3 is 21.7 Å². The van der Waals surface area contributed by atoms with E-state index in [1.165, 1.54) is 24.3 Å². The molecule has 0 saturated carbocycles. The van der Waals surface area contributed by atoms with Crippen molar-refractivity contribution in [3.05, 3.63) is 47.8 Å². The summed E-state index contributed by atoms with van der Waals surface area (Å²) in [6.07, 6.45) is 0.0556. The van der Waals surface area contributed by atoms with Gasteiger partial charge >= 0.3 is 0 Å². The zero-order chi connectivity index (χ0) is 18.5. The summed E-state index contributed by atoms with van der Waals surface area (Å²) in [7, 11) is 0. The highest BCUT2D eigenvalue weighted by atomic mass is 19.1. The monoisotopic (exact) mass is 348 g/mol. The number of nitrogens with two attached hydrogens (primary N) is 2. The van der Waals surface area contributed by atoms with Crippen molar-refractivity contribution in [3.8, 4) is 11.5 Å². The average Bonchev–Trinajstić information content (AvgIpc) is 2.56. The van der Waals surface area contributed by atoms with E-state index in [-0.39, 0.29) is 29.3 Å². The second kappa shape index (κ2) is 11.9. The van der Waals surface area contributed by atoms with E-state index in [0.29, 0.717) is 5.56 Å². The molecule has 0 aromatic heterocycles. The van der Waals surface area contributed by atoms with Gasteiger partial charge in [0.15, 0.2) is 0 Å². The van der Waals surface area contributed by atoms with Gasteiger partial charge in [0, 0.05) is 12.5 Å². The van der Waals surface area contributed by atoms with Gasteiger partial charge in [-0.05, 0) is 29.8 Å². The summed E-state index contributed by atoms with van der Waals surface area (Å²) < 4.78 is 45.6. The molecule has 134 valence electrons. The molecule has 0 fully saturated rings. The molecule has 0 heterocycles. The Kier molecular flexibility index (Phi) is 10.6.